The predicted molar refractivity (Wildman–Crippen MR) is 131 cm³/mol. The van der Waals surface area contributed by atoms with Crippen molar-refractivity contribution in [1.82, 2.24) is 9.99 Å². The van der Waals surface area contributed by atoms with Gasteiger partial charge in [0.05, 0.1) is 11.9 Å². The number of nitrogens with zero attached hydrogens (tertiary/aromatic N) is 2. The molecule has 0 spiro atoms. The first-order valence-electron chi connectivity index (χ1n) is 11.2. The maximum Gasteiger partial charge on any atom is 0.277 e. The summed E-state index contributed by atoms with van der Waals surface area (Å²) in [5.41, 5.74) is 11.8. The molecule has 0 aliphatic rings. The van der Waals surface area contributed by atoms with Gasteiger partial charge in [-0.15, -0.1) is 0 Å². The third-order valence-corrected chi connectivity index (χ3v) is 5.68. The van der Waals surface area contributed by atoms with Crippen LogP contribution in [0.25, 0.3) is 5.69 Å². The summed E-state index contributed by atoms with van der Waals surface area (Å²) in [6, 6.07) is 14.5. The summed E-state index contributed by atoms with van der Waals surface area (Å²) in [6.45, 7) is 12.5. The minimum absolute atomic E-state index is 0.0773. The molecule has 32 heavy (non-hydrogen) atoms. The van der Waals surface area contributed by atoms with Crippen LogP contribution in [0.15, 0.2) is 47.6 Å². The minimum atomic E-state index is -0.290. The molecule has 0 saturated heterocycles. The van der Waals surface area contributed by atoms with Crippen molar-refractivity contribution in [3.63, 3.8) is 0 Å². The molecule has 2 aromatic carbocycles. The average Bonchev–Trinajstić information content (AvgIpc) is 3.04. The van der Waals surface area contributed by atoms with E-state index < -0.39 is 0 Å². The van der Waals surface area contributed by atoms with Crippen molar-refractivity contribution in [3.05, 3.63) is 81.7 Å². The van der Waals surface area contributed by atoms with Crippen LogP contribution in [0.2, 0.25) is 0 Å². The lowest BCUT2D eigenvalue weighted by Gasteiger charge is -2.17. The van der Waals surface area contributed by atoms with Crippen LogP contribution >= 0.6 is 0 Å². The van der Waals surface area contributed by atoms with Gasteiger partial charge in [-0.1, -0.05) is 38.1 Å². The van der Waals surface area contributed by atoms with Crippen molar-refractivity contribution in [2.24, 2.45) is 5.10 Å². The topological polar surface area (TPSA) is 55.6 Å². The molecule has 1 aromatic heterocycles. The second-order valence-corrected chi connectivity index (χ2v) is 8.19. The molecule has 168 valence electrons. The molecule has 3 rings (SSSR count). The van der Waals surface area contributed by atoms with Crippen LogP contribution in [0.3, 0.4) is 0 Å². The number of ether oxygens (including phenoxy) is 1. The molecular weight excluding hydrogens is 398 g/mol. The van der Waals surface area contributed by atoms with E-state index in [1.165, 1.54) is 22.4 Å². The number of aromatic nitrogens is 1. The van der Waals surface area contributed by atoms with Gasteiger partial charge in [-0.25, -0.2) is 5.43 Å². The van der Waals surface area contributed by atoms with E-state index in [0.29, 0.717) is 5.75 Å². The number of amides is 1. The van der Waals surface area contributed by atoms with E-state index in [0.717, 1.165) is 35.4 Å². The Morgan fingerprint density at radius 2 is 1.84 bits per heavy atom. The van der Waals surface area contributed by atoms with Gasteiger partial charge in [-0.05, 0) is 81.0 Å². The van der Waals surface area contributed by atoms with E-state index in [2.05, 4.69) is 80.0 Å². The number of rotatable bonds is 8. The Kier molecular flexibility index (Phi) is 7.52. The molecule has 0 atom stereocenters. The Balaban J connectivity index is 1.68. The molecule has 0 radical (unpaired) electrons. The summed E-state index contributed by atoms with van der Waals surface area (Å²) in [5.74, 6) is 0.413. The molecule has 0 unspecified atom stereocenters. The van der Waals surface area contributed by atoms with E-state index in [-0.39, 0.29) is 12.5 Å². The van der Waals surface area contributed by atoms with Gasteiger partial charge in [0.15, 0.2) is 6.61 Å². The van der Waals surface area contributed by atoms with Crippen LogP contribution in [-0.4, -0.2) is 23.3 Å². The molecule has 1 amide bonds. The number of hydrazone groups is 1. The maximum absolute atomic E-state index is 12.2. The van der Waals surface area contributed by atoms with E-state index >= 15 is 0 Å². The van der Waals surface area contributed by atoms with E-state index in [4.69, 9.17) is 4.74 Å². The molecule has 0 fully saturated rings. The van der Waals surface area contributed by atoms with Gasteiger partial charge >= 0.3 is 0 Å². The highest BCUT2D eigenvalue weighted by Gasteiger charge is 2.14. The number of carbonyl (C=O) groups excluding carboxylic acids is 1. The fraction of sp³-hybridized carbons (Fsp3) is 0.333. The van der Waals surface area contributed by atoms with Gasteiger partial charge in [-0.3, -0.25) is 4.79 Å². The second kappa shape index (κ2) is 10.3. The highest BCUT2D eigenvalue weighted by Crippen LogP contribution is 2.26. The van der Waals surface area contributed by atoms with E-state index in [9.17, 15) is 4.79 Å². The number of nitrogens with one attached hydrogen (secondary N) is 1. The Morgan fingerprint density at radius 1 is 1.06 bits per heavy atom. The van der Waals surface area contributed by atoms with Crippen LogP contribution in [0.5, 0.6) is 5.75 Å². The summed E-state index contributed by atoms with van der Waals surface area (Å²) in [4.78, 5) is 12.2. The number of aryl methyl sites for hydroxylation is 5. The highest BCUT2D eigenvalue weighted by molar-refractivity contribution is 5.84. The van der Waals surface area contributed by atoms with Gasteiger partial charge < -0.3 is 9.30 Å². The van der Waals surface area contributed by atoms with Crippen molar-refractivity contribution in [2.45, 2.75) is 54.4 Å². The van der Waals surface area contributed by atoms with Crippen LogP contribution in [0.4, 0.5) is 0 Å². The van der Waals surface area contributed by atoms with Crippen LogP contribution < -0.4 is 10.2 Å². The summed E-state index contributed by atoms with van der Waals surface area (Å²) in [6.07, 6.45) is 3.59. The largest absolute Gasteiger partial charge is 0.484 e. The number of carbonyl (C=O) groups is 1. The first-order valence-corrected chi connectivity index (χ1v) is 11.2. The number of hydrogen-bond donors (Lipinski definition) is 1. The Hall–Kier alpha value is -3.34. The third kappa shape index (κ3) is 5.28. The lowest BCUT2D eigenvalue weighted by atomic mass is 10.1. The lowest BCUT2D eigenvalue weighted by molar-refractivity contribution is -0.123. The molecule has 0 bridgehead atoms. The average molecular weight is 432 g/mol. The van der Waals surface area contributed by atoms with Gasteiger partial charge in [0.1, 0.15) is 5.75 Å². The van der Waals surface area contributed by atoms with E-state index in [1.54, 1.807) is 6.21 Å². The second-order valence-electron chi connectivity index (χ2n) is 8.19. The number of hydrogen-bond acceptors (Lipinski definition) is 3. The molecule has 5 nitrogen and oxygen atoms in total. The number of para-hydroxylation sites is 1. The zero-order valence-electron chi connectivity index (χ0n) is 20.0. The van der Waals surface area contributed by atoms with Crippen molar-refractivity contribution >= 4 is 12.1 Å². The Bertz CT molecular complexity index is 1140. The van der Waals surface area contributed by atoms with Crippen molar-refractivity contribution in [2.75, 3.05) is 6.61 Å². The summed E-state index contributed by atoms with van der Waals surface area (Å²) in [7, 11) is 0. The summed E-state index contributed by atoms with van der Waals surface area (Å²) < 4.78 is 7.91. The molecule has 5 heteroatoms. The summed E-state index contributed by atoms with van der Waals surface area (Å²) >= 11 is 0. The van der Waals surface area contributed by atoms with Crippen molar-refractivity contribution < 1.29 is 9.53 Å². The van der Waals surface area contributed by atoms with E-state index in [1.807, 2.05) is 19.1 Å². The van der Waals surface area contributed by atoms with Crippen LogP contribution in [-0.2, 0) is 17.6 Å². The SMILES string of the molecule is CCc1cc(C)cc(OCC(=O)N/N=C/c2cc(C)n(-c3c(C)cccc3CC)c2C)c1. The lowest BCUT2D eigenvalue weighted by Crippen LogP contribution is -2.24. The Morgan fingerprint density at radius 3 is 2.56 bits per heavy atom. The van der Waals surface area contributed by atoms with Crippen molar-refractivity contribution in [1.29, 1.82) is 0 Å². The van der Waals surface area contributed by atoms with Gasteiger partial charge in [0.25, 0.3) is 5.91 Å². The molecule has 3 aromatic rings. The first kappa shape index (κ1) is 23.3. The molecule has 0 aliphatic heterocycles. The monoisotopic (exact) mass is 431 g/mol. The third-order valence-electron chi connectivity index (χ3n) is 5.68. The maximum atomic E-state index is 12.2. The minimum Gasteiger partial charge on any atom is -0.484 e. The quantitative estimate of drug-likeness (QED) is 0.385. The normalized spacial score (nSPS) is 11.2. The predicted octanol–water partition coefficient (Wildman–Crippen LogP) is 5.36. The standard InChI is InChI=1S/C27H33N3O2/c1-7-22-12-18(3)13-25(15-22)32-17-26(31)29-28-16-24-14-20(5)30(21(24)6)27-19(4)10-9-11-23(27)8-2/h9-16H,7-8,17H2,1-6H3,(H,29,31)/b28-16+. The molecule has 1 heterocycles. The smallest absolute Gasteiger partial charge is 0.277 e. The van der Waals surface area contributed by atoms with Crippen LogP contribution in [0, 0.1) is 27.7 Å². The van der Waals surface area contributed by atoms with Crippen molar-refractivity contribution in [3.8, 4) is 11.4 Å². The van der Waals surface area contributed by atoms with Gasteiger partial charge in [0, 0.05) is 17.0 Å². The van der Waals surface area contributed by atoms with Gasteiger partial charge in [-0.2, -0.15) is 5.10 Å². The fourth-order valence-corrected chi connectivity index (χ4v) is 4.05. The molecular formula is C27H33N3O2. The zero-order valence-corrected chi connectivity index (χ0v) is 20.0. The Labute approximate surface area is 191 Å². The molecule has 1 N–H and O–H groups in total. The molecule has 0 saturated carbocycles. The zero-order chi connectivity index (χ0) is 23.3. The summed E-state index contributed by atoms with van der Waals surface area (Å²) in [5, 5.41) is 4.16. The van der Waals surface area contributed by atoms with Crippen LogP contribution in [0.1, 0.15) is 53.1 Å². The molecule has 0 aliphatic carbocycles. The highest BCUT2D eigenvalue weighted by atomic mass is 16.5. The first-order chi connectivity index (χ1) is 15.3. The van der Waals surface area contributed by atoms with Gasteiger partial charge in [0.2, 0.25) is 0 Å². The fourth-order valence-electron chi connectivity index (χ4n) is 4.05. The number of benzene rings is 2.